The number of thiophene rings is 1. The van der Waals surface area contributed by atoms with Crippen LogP contribution >= 0.6 is 11.3 Å². The van der Waals surface area contributed by atoms with Crippen LogP contribution in [0.15, 0.2) is 34.5 Å². The molecule has 124 valence electrons. The summed E-state index contributed by atoms with van der Waals surface area (Å²) >= 11 is 1.05. The van der Waals surface area contributed by atoms with Crippen molar-refractivity contribution in [3.63, 3.8) is 0 Å². The zero-order valence-electron chi connectivity index (χ0n) is 11.6. The standard InChI is InChI=1S/C13H11F2NO5S2/c1-7-2-5-11(22-7)23(19,20)16-8-3-4-10(21-13(14)15)9(6-8)12(17)18/h2-6,13,16H,1H3,(H,17,18). The second kappa shape index (κ2) is 6.50. The Labute approximate surface area is 134 Å². The van der Waals surface area contributed by atoms with Crippen LogP contribution in [0.3, 0.4) is 0 Å². The predicted molar refractivity (Wildman–Crippen MR) is 79.9 cm³/mol. The van der Waals surface area contributed by atoms with Gasteiger partial charge in [0.15, 0.2) is 0 Å². The number of anilines is 1. The Morgan fingerprint density at radius 3 is 2.52 bits per heavy atom. The molecule has 0 radical (unpaired) electrons. The van der Waals surface area contributed by atoms with E-state index in [1.807, 2.05) is 0 Å². The first-order valence-electron chi connectivity index (χ1n) is 6.10. The minimum Gasteiger partial charge on any atom is -0.478 e. The third kappa shape index (κ3) is 4.17. The Kier molecular flexibility index (Phi) is 4.85. The number of carboxylic acid groups (broad SMARTS) is 1. The number of alkyl halides is 2. The number of aromatic carboxylic acids is 1. The Hall–Kier alpha value is -2.20. The number of nitrogens with one attached hydrogen (secondary N) is 1. The van der Waals surface area contributed by atoms with Crippen LogP contribution in [0.25, 0.3) is 0 Å². The maximum absolute atomic E-state index is 12.2. The molecule has 1 aromatic carbocycles. The number of hydrogen-bond acceptors (Lipinski definition) is 5. The monoisotopic (exact) mass is 363 g/mol. The molecule has 0 aliphatic heterocycles. The first kappa shape index (κ1) is 17.2. The molecule has 0 spiro atoms. The number of ether oxygens (including phenoxy) is 1. The Morgan fingerprint density at radius 2 is 2.00 bits per heavy atom. The summed E-state index contributed by atoms with van der Waals surface area (Å²) in [5.41, 5.74) is -0.650. The van der Waals surface area contributed by atoms with Crippen molar-refractivity contribution >= 4 is 33.0 Å². The lowest BCUT2D eigenvalue weighted by Crippen LogP contribution is -2.13. The summed E-state index contributed by atoms with van der Waals surface area (Å²) in [5.74, 6) is -2.07. The summed E-state index contributed by atoms with van der Waals surface area (Å²) in [7, 11) is -3.88. The van der Waals surface area contributed by atoms with Crippen molar-refractivity contribution in [2.45, 2.75) is 17.7 Å². The quantitative estimate of drug-likeness (QED) is 0.822. The maximum Gasteiger partial charge on any atom is 0.387 e. The molecule has 6 nitrogen and oxygen atoms in total. The number of sulfonamides is 1. The van der Waals surface area contributed by atoms with Crippen molar-refractivity contribution < 1.29 is 31.8 Å². The molecule has 0 unspecified atom stereocenters. The molecule has 0 bridgehead atoms. The molecule has 0 saturated carbocycles. The molecule has 0 aliphatic rings. The summed E-state index contributed by atoms with van der Waals surface area (Å²) in [4.78, 5) is 11.9. The number of hydrogen-bond donors (Lipinski definition) is 2. The first-order valence-corrected chi connectivity index (χ1v) is 8.40. The summed E-state index contributed by atoms with van der Waals surface area (Å²) in [6.07, 6.45) is 0. The van der Waals surface area contributed by atoms with Gasteiger partial charge in [0, 0.05) is 10.6 Å². The highest BCUT2D eigenvalue weighted by molar-refractivity contribution is 7.94. The Morgan fingerprint density at radius 1 is 1.30 bits per heavy atom. The number of carbonyl (C=O) groups is 1. The second-order valence-corrected chi connectivity index (χ2v) is 7.56. The Balaban J connectivity index is 2.34. The average Bonchev–Trinajstić information content (AvgIpc) is 2.87. The predicted octanol–water partition coefficient (Wildman–Crippen LogP) is 3.16. The number of aryl methyl sites for hydroxylation is 1. The van der Waals surface area contributed by atoms with Crippen molar-refractivity contribution in [1.82, 2.24) is 0 Å². The highest BCUT2D eigenvalue weighted by Crippen LogP contribution is 2.27. The number of benzene rings is 1. The number of halogens is 2. The molecular formula is C13H11F2NO5S2. The van der Waals surface area contributed by atoms with Gasteiger partial charge in [-0.1, -0.05) is 0 Å². The van der Waals surface area contributed by atoms with E-state index in [2.05, 4.69) is 9.46 Å². The van der Waals surface area contributed by atoms with E-state index in [9.17, 15) is 22.0 Å². The molecule has 10 heteroatoms. The van der Waals surface area contributed by atoms with Crippen LogP contribution in [0.4, 0.5) is 14.5 Å². The molecule has 1 heterocycles. The number of rotatable bonds is 6. The van der Waals surface area contributed by atoms with Gasteiger partial charge in [0.2, 0.25) is 0 Å². The van der Waals surface area contributed by atoms with E-state index < -0.39 is 33.9 Å². The minimum absolute atomic E-state index is 0.0554. The van der Waals surface area contributed by atoms with Gasteiger partial charge in [-0.2, -0.15) is 8.78 Å². The lowest BCUT2D eigenvalue weighted by Gasteiger charge is -2.11. The third-order valence-electron chi connectivity index (χ3n) is 2.66. The zero-order chi connectivity index (χ0) is 17.2. The van der Waals surface area contributed by atoms with Gasteiger partial charge in [-0.25, -0.2) is 13.2 Å². The highest BCUT2D eigenvalue weighted by Gasteiger charge is 2.20. The van der Waals surface area contributed by atoms with Gasteiger partial charge < -0.3 is 9.84 Å². The lowest BCUT2D eigenvalue weighted by atomic mass is 10.2. The molecule has 1 aromatic heterocycles. The van der Waals surface area contributed by atoms with Gasteiger partial charge in [0.25, 0.3) is 10.0 Å². The minimum atomic E-state index is -3.88. The van der Waals surface area contributed by atoms with E-state index in [4.69, 9.17) is 5.11 Å². The van der Waals surface area contributed by atoms with E-state index in [0.717, 1.165) is 34.4 Å². The molecular weight excluding hydrogens is 352 g/mol. The second-order valence-electron chi connectivity index (χ2n) is 4.37. The van der Waals surface area contributed by atoms with Gasteiger partial charge in [-0.05, 0) is 37.3 Å². The van der Waals surface area contributed by atoms with Crippen molar-refractivity contribution in [1.29, 1.82) is 0 Å². The number of carboxylic acids is 1. The van der Waals surface area contributed by atoms with Gasteiger partial charge in [0.1, 0.15) is 15.5 Å². The smallest absolute Gasteiger partial charge is 0.387 e. The van der Waals surface area contributed by atoms with Crippen molar-refractivity contribution in [3.8, 4) is 5.75 Å². The van der Waals surface area contributed by atoms with Gasteiger partial charge in [-0.15, -0.1) is 11.3 Å². The zero-order valence-corrected chi connectivity index (χ0v) is 13.2. The highest BCUT2D eigenvalue weighted by atomic mass is 32.2. The summed E-state index contributed by atoms with van der Waals surface area (Å²) in [6.45, 7) is -1.45. The summed E-state index contributed by atoms with van der Waals surface area (Å²) < 4.78 is 55.1. The van der Waals surface area contributed by atoms with E-state index in [-0.39, 0.29) is 9.90 Å². The molecule has 2 N–H and O–H groups in total. The lowest BCUT2D eigenvalue weighted by molar-refractivity contribution is -0.0503. The van der Waals surface area contributed by atoms with Gasteiger partial charge in [0.05, 0.1) is 0 Å². The summed E-state index contributed by atoms with van der Waals surface area (Å²) in [6, 6.07) is 6.06. The van der Waals surface area contributed by atoms with Crippen LogP contribution in [-0.2, 0) is 10.0 Å². The molecule has 2 rings (SSSR count). The fourth-order valence-corrected chi connectivity index (χ4v) is 4.05. The van der Waals surface area contributed by atoms with E-state index in [1.54, 1.807) is 13.0 Å². The van der Waals surface area contributed by atoms with Gasteiger partial charge >= 0.3 is 12.6 Å². The summed E-state index contributed by atoms with van der Waals surface area (Å²) in [5, 5.41) is 9.02. The average molecular weight is 363 g/mol. The molecule has 23 heavy (non-hydrogen) atoms. The van der Waals surface area contributed by atoms with Crippen LogP contribution in [0.5, 0.6) is 5.75 Å². The molecule has 0 aliphatic carbocycles. The van der Waals surface area contributed by atoms with Gasteiger partial charge in [-0.3, -0.25) is 4.72 Å². The third-order valence-corrected chi connectivity index (χ3v) is 5.53. The fourth-order valence-electron chi connectivity index (χ4n) is 1.72. The van der Waals surface area contributed by atoms with Crippen molar-refractivity contribution in [3.05, 3.63) is 40.8 Å². The van der Waals surface area contributed by atoms with Crippen molar-refractivity contribution in [2.24, 2.45) is 0 Å². The van der Waals surface area contributed by atoms with Crippen LogP contribution in [0, 0.1) is 6.92 Å². The van der Waals surface area contributed by atoms with Crippen LogP contribution in [0.2, 0.25) is 0 Å². The van der Waals surface area contributed by atoms with E-state index in [1.165, 1.54) is 6.07 Å². The van der Waals surface area contributed by atoms with E-state index in [0.29, 0.717) is 0 Å². The topological polar surface area (TPSA) is 92.7 Å². The first-order chi connectivity index (χ1) is 10.7. The largest absolute Gasteiger partial charge is 0.478 e. The molecule has 0 fully saturated rings. The fraction of sp³-hybridized carbons (Fsp3) is 0.154. The van der Waals surface area contributed by atoms with E-state index >= 15 is 0 Å². The van der Waals surface area contributed by atoms with Crippen LogP contribution in [-0.4, -0.2) is 26.1 Å². The molecule has 2 aromatic rings. The molecule has 0 saturated heterocycles. The van der Waals surface area contributed by atoms with Crippen LogP contribution in [0.1, 0.15) is 15.2 Å². The maximum atomic E-state index is 12.2. The van der Waals surface area contributed by atoms with Crippen molar-refractivity contribution in [2.75, 3.05) is 4.72 Å². The Bertz CT molecular complexity index is 833. The molecule has 0 atom stereocenters. The SMILES string of the molecule is Cc1ccc(S(=O)(=O)Nc2ccc(OC(F)F)c(C(=O)O)c2)s1. The molecule has 0 amide bonds. The normalized spacial score (nSPS) is 11.5. The van der Waals surface area contributed by atoms with Crippen LogP contribution < -0.4 is 9.46 Å².